The van der Waals surface area contributed by atoms with Crippen LogP contribution in [-0.2, 0) is 0 Å². The molecular weight excluding hydrogens is 284 g/mol. The van der Waals surface area contributed by atoms with Gasteiger partial charge in [0.1, 0.15) is 0 Å². The van der Waals surface area contributed by atoms with Crippen molar-refractivity contribution in [2.45, 2.75) is 90.3 Å². The quantitative estimate of drug-likeness (QED) is 0.701. The van der Waals surface area contributed by atoms with E-state index in [-0.39, 0.29) is 11.5 Å². The van der Waals surface area contributed by atoms with Crippen molar-refractivity contribution in [2.75, 3.05) is 0 Å². The zero-order valence-corrected chi connectivity index (χ0v) is 15.1. The number of aliphatic hydroxyl groups excluding tert-OH is 1. The molecule has 4 rings (SSSR count). The molecule has 0 aromatic rings. The van der Waals surface area contributed by atoms with Gasteiger partial charge in [-0.2, -0.15) is 0 Å². The Kier molecular flexibility index (Phi) is 3.57. The molecule has 3 saturated carbocycles. The first-order valence-corrected chi connectivity index (χ1v) is 9.94. The number of fused-ring (bicyclic) bond motifs is 5. The Balaban J connectivity index is 1.68. The van der Waals surface area contributed by atoms with E-state index in [9.17, 15) is 10.2 Å². The standard InChI is InChI=1S/C21H34O2/c1-4-21(23)12-9-18-16-6-5-14-13-15(22)7-10-19(14,2)17(16)8-11-20(18,21)3/h5,15-18,22-23H,4,6-13H2,1-3H3/t15-,16-,17+,18+,19+,20+,21+/m1/s1. The number of aliphatic hydroxyl groups is 2. The minimum atomic E-state index is -0.434. The molecule has 0 saturated heterocycles. The molecule has 4 aliphatic rings. The Hall–Kier alpha value is -0.340. The topological polar surface area (TPSA) is 40.5 Å². The van der Waals surface area contributed by atoms with Crippen LogP contribution in [0.1, 0.15) is 78.6 Å². The van der Waals surface area contributed by atoms with Gasteiger partial charge in [-0.05, 0) is 86.4 Å². The van der Waals surface area contributed by atoms with Gasteiger partial charge >= 0.3 is 0 Å². The van der Waals surface area contributed by atoms with E-state index in [2.05, 4.69) is 26.8 Å². The van der Waals surface area contributed by atoms with E-state index in [1.165, 1.54) is 25.7 Å². The van der Waals surface area contributed by atoms with Crippen LogP contribution in [0.4, 0.5) is 0 Å². The van der Waals surface area contributed by atoms with Crippen molar-refractivity contribution in [1.82, 2.24) is 0 Å². The van der Waals surface area contributed by atoms with Gasteiger partial charge in [0.15, 0.2) is 0 Å². The van der Waals surface area contributed by atoms with E-state index >= 15 is 0 Å². The van der Waals surface area contributed by atoms with Crippen molar-refractivity contribution in [2.24, 2.45) is 28.6 Å². The molecule has 0 unspecified atom stereocenters. The molecule has 0 heterocycles. The largest absolute Gasteiger partial charge is 0.393 e. The lowest BCUT2D eigenvalue weighted by atomic mass is 9.47. The third-order valence-electron chi connectivity index (χ3n) is 8.98. The highest BCUT2D eigenvalue weighted by Gasteiger charge is 2.62. The van der Waals surface area contributed by atoms with Crippen molar-refractivity contribution in [3.8, 4) is 0 Å². The van der Waals surface area contributed by atoms with E-state index in [1.54, 1.807) is 5.57 Å². The maximum absolute atomic E-state index is 11.2. The molecule has 23 heavy (non-hydrogen) atoms. The molecule has 0 amide bonds. The zero-order chi connectivity index (χ0) is 16.5. The van der Waals surface area contributed by atoms with Gasteiger partial charge in [0.05, 0.1) is 11.7 Å². The van der Waals surface area contributed by atoms with Crippen LogP contribution in [0, 0.1) is 28.6 Å². The van der Waals surface area contributed by atoms with E-state index in [1.807, 2.05) is 0 Å². The summed E-state index contributed by atoms with van der Waals surface area (Å²) in [5, 5.41) is 21.3. The molecule has 0 radical (unpaired) electrons. The normalized spacial score (nSPS) is 55.6. The van der Waals surface area contributed by atoms with Crippen molar-refractivity contribution in [3.63, 3.8) is 0 Å². The van der Waals surface area contributed by atoms with Gasteiger partial charge in [0.2, 0.25) is 0 Å². The van der Waals surface area contributed by atoms with Crippen LogP contribution in [-0.4, -0.2) is 21.9 Å². The number of rotatable bonds is 1. The molecule has 7 atom stereocenters. The van der Waals surface area contributed by atoms with Crippen molar-refractivity contribution in [1.29, 1.82) is 0 Å². The second kappa shape index (κ2) is 5.08. The number of allylic oxidation sites excluding steroid dienone is 1. The summed E-state index contributed by atoms with van der Waals surface area (Å²) < 4.78 is 0. The first-order valence-electron chi connectivity index (χ1n) is 9.94. The fourth-order valence-electron chi connectivity index (χ4n) is 7.33. The van der Waals surface area contributed by atoms with Crippen molar-refractivity contribution in [3.05, 3.63) is 11.6 Å². The highest BCUT2D eigenvalue weighted by molar-refractivity contribution is 5.26. The van der Waals surface area contributed by atoms with Gasteiger partial charge in [-0.25, -0.2) is 0 Å². The van der Waals surface area contributed by atoms with Gasteiger partial charge in [-0.15, -0.1) is 0 Å². The summed E-state index contributed by atoms with van der Waals surface area (Å²) in [7, 11) is 0. The second-order valence-corrected chi connectivity index (χ2v) is 9.54. The molecular formula is C21H34O2. The van der Waals surface area contributed by atoms with Gasteiger partial charge in [-0.1, -0.05) is 32.4 Å². The molecule has 2 nitrogen and oxygen atoms in total. The molecule has 0 spiro atoms. The summed E-state index contributed by atoms with van der Waals surface area (Å²) in [4.78, 5) is 0. The first-order chi connectivity index (χ1) is 10.8. The van der Waals surface area contributed by atoms with Gasteiger partial charge in [-0.3, -0.25) is 0 Å². The summed E-state index contributed by atoms with van der Waals surface area (Å²) in [5.41, 5.74) is 1.55. The SMILES string of the molecule is CC[C@]1(O)CC[C@H]2[C@@H]3CC=C4C[C@H](O)CC[C@]4(C)[C@H]3CC[C@@]21C. The highest BCUT2D eigenvalue weighted by atomic mass is 16.3. The van der Waals surface area contributed by atoms with Gasteiger partial charge in [0.25, 0.3) is 0 Å². The molecule has 2 N–H and O–H groups in total. The molecule has 2 heteroatoms. The maximum Gasteiger partial charge on any atom is 0.0701 e. The highest BCUT2D eigenvalue weighted by Crippen LogP contribution is 2.67. The van der Waals surface area contributed by atoms with Crippen LogP contribution in [0.5, 0.6) is 0 Å². The van der Waals surface area contributed by atoms with Crippen LogP contribution in [0.3, 0.4) is 0 Å². The average molecular weight is 319 g/mol. The molecule has 130 valence electrons. The van der Waals surface area contributed by atoms with E-state index in [0.29, 0.717) is 11.3 Å². The molecule has 0 aliphatic heterocycles. The maximum atomic E-state index is 11.2. The Bertz CT molecular complexity index is 526. The zero-order valence-electron chi connectivity index (χ0n) is 15.1. The summed E-state index contributed by atoms with van der Waals surface area (Å²) >= 11 is 0. The Morgan fingerprint density at radius 3 is 2.57 bits per heavy atom. The fourth-order valence-corrected chi connectivity index (χ4v) is 7.33. The van der Waals surface area contributed by atoms with Gasteiger partial charge < -0.3 is 10.2 Å². The predicted molar refractivity (Wildman–Crippen MR) is 93.0 cm³/mol. The second-order valence-electron chi connectivity index (χ2n) is 9.54. The fraction of sp³-hybridized carbons (Fsp3) is 0.905. The minimum Gasteiger partial charge on any atom is -0.393 e. The van der Waals surface area contributed by atoms with E-state index in [0.717, 1.165) is 43.9 Å². The third-order valence-corrected chi connectivity index (χ3v) is 8.98. The molecule has 3 fully saturated rings. The van der Waals surface area contributed by atoms with Crippen LogP contribution in [0.15, 0.2) is 11.6 Å². The van der Waals surface area contributed by atoms with Crippen LogP contribution in [0.2, 0.25) is 0 Å². The number of hydrogen-bond donors (Lipinski definition) is 2. The Labute approximate surface area is 141 Å². The van der Waals surface area contributed by atoms with Crippen LogP contribution >= 0.6 is 0 Å². The van der Waals surface area contributed by atoms with Crippen molar-refractivity contribution >= 4 is 0 Å². The number of hydrogen-bond acceptors (Lipinski definition) is 2. The Morgan fingerprint density at radius 1 is 1.09 bits per heavy atom. The Morgan fingerprint density at radius 2 is 1.83 bits per heavy atom. The lowest BCUT2D eigenvalue weighted by molar-refractivity contribution is -0.125. The monoisotopic (exact) mass is 318 g/mol. The smallest absolute Gasteiger partial charge is 0.0701 e. The van der Waals surface area contributed by atoms with Gasteiger partial charge in [0, 0.05) is 0 Å². The predicted octanol–water partition coefficient (Wildman–Crippen LogP) is 4.45. The summed E-state index contributed by atoms with van der Waals surface area (Å²) in [6.45, 7) is 7.03. The summed E-state index contributed by atoms with van der Waals surface area (Å²) in [6, 6.07) is 0. The lowest BCUT2D eigenvalue weighted by Crippen LogP contribution is -2.54. The van der Waals surface area contributed by atoms with E-state index in [4.69, 9.17) is 0 Å². The minimum absolute atomic E-state index is 0.114. The first kappa shape index (κ1) is 16.1. The lowest BCUT2D eigenvalue weighted by Gasteiger charge is -2.59. The molecule has 4 aliphatic carbocycles. The van der Waals surface area contributed by atoms with Crippen molar-refractivity contribution < 1.29 is 10.2 Å². The third kappa shape index (κ3) is 2.00. The average Bonchev–Trinajstić information content (AvgIpc) is 2.80. The molecule has 0 aromatic heterocycles. The van der Waals surface area contributed by atoms with E-state index < -0.39 is 5.60 Å². The summed E-state index contributed by atoms with van der Waals surface area (Å²) in [6.07, 6.45) is 12.2. The molecule has 0 bridgehead atoms. The summed E-state index contributed by atoms with van der Waals surface area (Å²) in [5.74, 6) is 2.21. The molecule has 0 aromatic carbocycles. The van der Waals surface area contributed by atoms with Crippen LogP contribution in [0.25, 0.3) is 0 Å². The van der Waals surface area contributed by atoms with Crippen LogP contribution < -0.4 is 0 Å².